The Kier molecular flexibility index (Phi) is 6.16. The maximum Gasteiger partial charge on any atom is 0.229 e. The number of hydrogen-bond donors (Lipinski definition) is 2. The number of nitrogens with one attached hydrogen (secondary N) is 2. The molecule has 0 aliphatic rings. The van der Waals surface area contributed by atoms with Crippen molar-refractivity contribution in [2.75, 3.05) is 31.5 Å². The van der Waals surface area contributed by atoms with Gasteiger partial charge in [-0.1, -0.05) is 12.1 Å². The van der Waals surface area contributed by atoms with Gasteiger partial charge in [0.25, 0.3) is 0 Å². The molecule has 0 amide bonds. The normalized spacial score (nSPS) is 10.3. The molecule has 1 aromatic heterocycles. The summed E-state index contributed by atoms with van der Waals surface area (Å²) >= 11 is 0. The fraction of sp³-hybridized carbons (Fsp3) is 0.238. The first-order valence-electron chi connectivity index (χ1n) is 8.96. The average molecular weight is 380 g/mol. The molecule has 0 bridgehead atoms. The average Bonchev–Trinajstić information content (AvgIpc) is 2.69. The monoisotopic (exact) mass is 380 g/mol. The fourth-order valence-corrected chi connectivity index (χ4v) is 2.71. The molecule has 0 radical (unpaired) electrons. The summed E-state index contributed by atoms with van der Waals surface area (Å²) in [5.74, 6) is 3.25. The second-order valence-electron chi connectivity index (χ2n) is 5.96. The van der Waals surface area contributed by atoms with Crippen LogP contribution in [0.5, 0.6) is 17.2 Å². The molecule has 7 heteroatoms. The van der Waals surface area contributed by atoms with Crippen LogP contribution in [0.2, 0.25) is 0 Å². The van der Waals surface area contributed by atoms with E-state index < -0.39 is 0 Å². The number of ether oxygens (including phenoxy) is 3. The first-order valence-corrected chi connectivity index (χ1v) is 8.96. The zero-order valence-electron chi connectivity index (χ0n) is 16.4. The zero-order chi connectivity index (χ0) is 19.9. The van der Waals surface area contributed by atoms with E-state index in [1.54, 1.807) is 14.2 Å². The van der Waals surface area contributed by atoms with E-state index in [1.165, 1.54) is 0 Å². The van der Waals surface area contributed by atoms with Gasteiger partial charge in [-0.15, -0.1) is 0 Å². The summed E-state index contributed by atoms with van der Waals surface area (Å²) in [6.45, 7) is 4.45. The number of rotatable bonds is 8. The minimum absolute atomic E-state index is 0.447. The van der Waals surface area contributed by atoms with E-state index in [0.717, 1.165) is 17.1 Å². The molecule has 146 valence electrons. The molecule has 0 atom stereocenters. The first-order chi connectivity index (χ1) is 13.6. The second-order valence-corrected chi connectivity index (χ2v) is 5.96. The van der Waals surface area contributed by atoms with Gasteiger partial charge < -0.3 is 24.8 Å². The van der Waals surface area contributed by atoms with E-state index in [0.29, 0.717) is 35.6 Å². The van der Waals surface area contributed by atoms with Gasteiger partial charge in [-0.05, 0) is 38.1 Å². The Hall–Kier alpha value is -3.48. The number of aromatic nitrogens is 2. The van der Waals surface area contributed by atoms with E-state index in [9.17, 15) is 0 Å². The SMILES string of the molecule is CCOc1ccccc1Nc1cc(C)nc(Nc2cc(OC)ccc2OC)n1. The van der Waals surface area contributed by atoms with Crippen molar-refractivity contribution in [2.45, 2.75) is 13.8 Å². The van der Waals surface area contributed by atoms with Gasteiger partial charge >= 0.3 is 0 Å². The zero-order valence-corrected chi connectivity index (χ0v) is 16.4. The van der Waals surface area contributed by atoms with Crippen molar-refractivity contribution in [3.8, 4) is 17.2 Å². The predicted octanol–water partition coefficient (Wildman–Crippen LogP) is 4.69. The maximum atomic E-state index is 5.67. The Balaban J connectivity index is 1.89. The second kappa shape index (κ2) is 8.94. The van der Waals surface area contributed by atoms with Crippen molar-refractivity contribution in [3.05, 3.63) is 54.2 Å². The van der Waals surface area contributed by atoms with E-state index in [-0.39, 0.29) is 0 Å². The van der Waals surface area contributed by atoms with Gasteiger partial charge in [-0.2, -0.15) is 4.98 Å². The quantitative estimate of drug-likeness (QED) is 0.587. The van der Waals surface area contributed by atoms with Crippen molar-refractivity contribution >= 4 is 23.1 Å². The number of benzene rings is 2. The fourth-order valence-electron chi connectivity index (χ4n) is 2.71. The molecule has 0 unspecified atom stereocenters. The summed E-state index contributed by atoms with van der Waals surface area (Å²) in [6.07, 6.45) is 0. The standard InChI is InChI=1S/C21H24N4O3/c1-5-28-19-9-7-6-8-16(19)23-20-12-14(2)22-21(25-20)24-17-13-15(26-3)10-11-18(17)27-4/h6-13H,5H2,1-4H3,(H2,22,23,24,25). The molecule has 0 spiro atoms. The molecule has 0 saturated carbocycles. The predicted molar refractivity (Wildman–Crippen MR) is 110 cm³/mol. The number of hydrogen-bond acceptors (Lipinski definition) is 7. The third kappa shape index (κ3) is 4.62. The van der Waals surface area contributed by atoms with Crippen LogP contribution in [-0.2, 0) is 0 Å². The Morgan fingerprint density at radius 3 is 2.43 bits per heavy atom. The highest BCUT2D eigenvalue weighted by molar-refractivity contribution is 5.68. The van der Waals surface area contributed by atoms with Crippen LogP contribution in [0.1, 0.15) is 12.6 Å². The van der Waals surface area contributed by atoms with Gasteiger partial charge in [0.2, 0.25) is 5.95 Å². The third-order valence-electron chi connectivity index (χ3n) is 3.96. The molecule has 3 rings (SSSR count). The Morgan fingerprint density at radius 2 is 1.68 bits per heavy atom. The van der Waals surface area contributed by atoms with Crippen LogP contribution >= 0.6 is 0 Å². The van der Waals surface area contributed by atoms with E-state index in [2.05, 4.69) is 20.6 Å². The van der Waals surface area contributed by atoms with E-state index in [1.807, 2.05) is 62.4 Å². The highest BCUT2D eigenvalue weighted by atomic mass is 16.5. The highest BCUT2D eigenvalue weighted by Crippen LogP contribution is 2.32. The molecule has 0 fully saturated rings. The summed E-state index contributed by atoms with van der Waals surface area (Å²) in [4.78, 5) is 9.04. The van der Waals surface area contributed by atoms with Crippen LogP contribution in [0.4, 0.5) is 23.1 Å². The molecule has 2 N–H and O–H groups in total. The molecule has 7 nitrogen and oxygen atoms in total. The van der Waals surface area contributed by atoms with E-state index in [4.69, 9.17) is 14.2 Å². The number of nitrogens with zero attached hydrogens (tertiary/aromatic N) is 2. The summed E-state index contributed by atoms with van der Waals surface area (Å²) in [5.41, 5.74) is 2.37. The Labute approximate surface area is 164 Å². The Bertz CT molecular complexity index is 947. The van der Waals surface area contributed by atoms with Crippen molar-refractivity contribution in [1.82, 2.24) is 9.97 Å². The smallest absolute Gasteiger partial charge is 0.229 e. The lowest BCUT2D eigenvalue weighted by Crippen LogP contribution is -2.04. The Morgan fingerprint density at radius 1 is 0.857 bits per heavy atom. The lowest BCUT2D eigenvalue weighted by Gasteiger charge is -2.14. The minimum atomic E-state index is 0.447. The summed E-state index contributed by atoms with van der Waals surface area (Å²) < 4.78 is 16.4. The molecule has 2 aromatic carbocycles. The largest absolute Gasteiger partial charge is 0.497 e. The van der Waals surface area contributed by atoms with Crippen molar-refractivity contribution < 1.29 is 14.2 Å². The third-order valence-corrected chi connectivity index (χ3v) is 3.96. The van der Waals surface area contributed by atoms with Crippen molar-refractivity contribution in [1.29, 1.82) is 0 Å². The molecule has 0 aliphatic heterocycles. The van der Waals surface area contributed by atoms with Crippen LogP contribution in [0, 0.1) is 6.92 Å². The van der Waals surface area contributed by atoms with Gasteiger partial charge in [0.05, 0.1) is 32.2 Å². The van der Waals surface area contributed by atoms with Gasteiger partial charge in [-0.25, -0.2) is 4.98 Å². The number of anilines is 4. The van der Waals surface area contributed by atoms with Crippen LogP contribution < -0.4 is 24.8 Å². The molecule has 0 aliphatic carbocycles. The van der Waals surface area contributed by atoms with Crippen LogP contribution in [0.25, 0.3) is 0 Å². The highest BCUT2D eigenvalue weighted by Gasteiger charge is 2.10. The molecular formula is C21H24N4O3. The van der Waals surface area contributed by atoms with Crippen LogP contribution in [-0.4, -0.2) is 30.8 Å². The lowest BCUT2D eigenvalue weighted by atomic mass is 10.2. The summed E-state index contributed by atoms with van der Waals surface area (Å²) in [5, 5.41) is 6.51. The van der Waals surface area contributed by atoms with Crippen LogP contribution in [0.15, 0.2) is 48.5 Å². The summed E-state index contributed by atoms with van der Waals surface area (Å²) in [6, 6.07) is 15.1. The first kappa shape index (κ1) is 19.3. The molecule has 1 heterocycles. The van der Waals surface area contributed by atoms with Gasteiger partial charge in [0.1, 0.15) is 23.1 Å². The molecular weight excluding hydrogens is 356 g/mol. The molecule has 0 saturated heterocycles. The van der Waals surface area contributed by atoms with Crippen LogP contribution in [0.3, 0.4) is 0 Å². The number of aryl methyl sites for hydroxylation is 1. The maximum absolute atomic E-state index is 5.67. The topological polar surface area (TPSA) is 77.5 Å². The van der Waals surface area contributed by atoms with Gasteiger partial charge in [0.15, 0.2) is 0 Å². The lowest BCUT2D eigenvalue weighted by molar-refractivity contribution is 0.342. The molecule has 28 heavy (non-hydrogen) atoms. The van der Waals surface area contributed by atoms with Crippen molar-refractivity contribution in [2.24, 2.45) is 0 Å². The van der Waals surface area contributed by atoms with Gasteiger partial charge in [0, 0.05) is 17.8 Å². The van der Waals surface area contributed by atoms with Gasteiger partial charge in [-0.3, -0.25) is 0 Å². The molecule has 3 aromatic rings. The summed E-state index contributed by atoms with van der Waals surface area (Å²) in [7, 11) is 3.23. The number of methoxy groups -OCH3 is 2. The van der Waals surface area contributed by atoms with Crippen molar-refractivity contribution in [3.63, 3.8) is 0 Å². The minimum Gasteiger partial charge on any atom is -0.497 e. The van der Waals surface area contributed by atoms with E-state index >= 15 is 0 Å². The number of para-hydroxylation sites is 2.